The molecule has 0 aliphatic heterocycles. The second-order valence-corrected chi connectivity index (χ2v) is 6.80. The fourth-order valence-electron chi connectivity index (χ4n) is 3.81. The van der Waals surface area contributed by atoms with Crippen LogP contribution in [0.15, 0.2) is 0 Å². The Hall–Kier alpha value is -0.0400. The first-order valence-electron chi connectivity index (χ1n) is 8.38. The molecule has 0 aromatic heterocycles. The van der Waals surface area contributed by atoms with E-state index in [2.05, 4.69) is 33.0 Å². The van der Waals surface area contributed by atoms with Crippen LogP contribution in [0.1, 0.15) is 79.1 Å². The van der Waals surface area contributed by atoms with Crippen LogP contribution < -0.4 is 5.32 Å². The molecule has 18 heavy (non-hydrogen) atoms. The summed E-state index contributed by atoms with van der Waals surface area (Å²) in [4.78, 5) is 0. The zero-order chi connectivity index (χ0) is 13.4. The largest absolute Gasteiger partial charge is 0.314 e. The van der Waals surface area contributed by atoms with Gasteiger partial charge in [-0.3, -0.25) is 0 Å². The summed E-state index contributed by atoms with van der Waals surface area (Å²) in [6.45, 7) is 10.6. The van der Waals surface area contributed by atoms with Crippen LogP contribution in [0.3, 0.4) is 0 Å². The highest BCUT2D eigenvalue weighted by atomic mass is 14.9. The van der Waals surface area contributed by atoms with Crippen LogP contribution in [0.2, 0.25) is 0 Å². The maximum Gasteiger partial charge on any atom is 0.0121 e. The SMILES string of the molecule is CCNC(C(C)CC(C)C)C1CCCCCCC1. The van der Waals surface area contributed by atoms with Crippen molar-refractivity contribution in [2.75, 3.05) is 6.54 Å². The summed E-state index contributed by atoms with van der Waals surface area (Å²) in [6.07, 6.45) is 11.6. The third-order valence-electron chi connectivity index (χ3n) is 4.55. The van der Waals surface area contributed by atoms with Gasteiger partial charge in [0.25, 0.3) is 0 Å². The van der Waals surface area contributed by atoms with Gasteiger partial charge in [-0.05, 0) is 43.6 Å². The van der Waals surface area contributed by atoms with Crippen molar-refractivity contribution in [1.82, 2.24) is 5.32 Å². The van der Waals surface area contributed by atoms with Gasteiger partial charge in [-0.1, -0.05) is 59.8 Å². The number of hydrogen-bond acceptors (Lipinski definition) is 1. The predicted octanol–water partition coefficient (Wildman–Crippen LogP) is 5.01. The molecule has 1 nitrogen and oxygen atoms in total. The standard InChI is InChI=1S/C17H35N/c1-5-18-17(15(4)13-14(2)3)16-11-9-7-6-8-10-12-16/h14-18H,5-13H2,1-4H3. The van der Waals surface area contributed by atoms with E-state index < -0.39 is 0 Å². The minimum atomic E-state index is 0.760. The van der Waals surface area contributed by atoms with E-state index in [1.807, 2.05) is 0 Å². The summed E-state index contributed by atoms with van der Waals surface area (Å²) in [6, 6.07) is 0.760. The summed E-state index contributed by atoms with van der Waals surface area (Å²) >= 11 is 0. The number of rotatable bonds is 6. The lowest BCUT2D eigenvalue weighted by Gasteiger charge is -2.34. The monoisotopic (exact) mass is 253 g/mol. The van der Waals surface area contributed by atoms with E-state index in [0.717, 1.165) is 30.3 Å². The van der Waals surface area contributed by atoms with Crippen LogP contribution in [-0.2, 0) is 0 Å². The fourth-order valence-corrected chi connectivity index (χ4v) is 3.81. The van der Waals surface area contributed by atoms with Gasteiger partial charge < -0.3 is 5.32 Å². The molecule has 0 heterocycles. The molecule has 0 aromatic rings. The topological polar surface area (TPSA) is 12.0 Å². The number of hydrogen-bond donors (Lipinski definition) is 1. The minimum Gasteiger partial charge on any atom is -0.314 e. The van der Waals surface area contributed by atoms with Crippen LogP contribution in [0.5, 0.6) is 0 Å². The molecule has 1 rings (SSSR count). The highest BCUT2D eigenvalue weighted by Crippen LogP contribution is 2.30. The zero-order valence-electron chi connectivity index (χ0n) is 13.2. The van der Waals surface area contributed by atoms with Crippen LogP contribution in [0.4, 0.5) is 0 Å². The molecule has 2 unspecified atom stereocenters. The summed E-state index contributed by atoms with van der Waals surface area (Å²) in [5.74, 6) is 2.59. The Labute approximate surface area is 115 Å². The van der Waals surface area contributed by atoms with Gasteiger partial charge in [0.1, 0.15) is 0 Å². The van der Waals surface area contributed by atoms with E-state index in [9.17, 15) is 0 Å². The fraction of sp³-hybridized carbons (Fsp3) is 1.00. The summed E-state index contributed by atoms with van der Waals surface area (Å²) in [7, 11) is 0. The van der Waals surface area contributed by atoms with E-state index in [-0.39, 0.29) is 0 Å². The Balaban J connectivity index is 2.56. The van der Waals surface area contributed by atoms with Gasteiger partial charge in [-0.2, -0.15) is 0 Å². The quantitative estimate of drug-likeness (QED) is 0.702. The lowest BCUT2D eigenvalue weighted by atomic mass is 9.78. The molecule has 0 saturated heterocycles. The molecule has 0 amide bonds. The molecule has 1 heteroatoms. The molecule has 1 saturated carbocycles. The highest BCUT2D eigenvalue weighted by Gasteiger charge is 2.26. The minimum absolute atomic E-state index is 0.760. The van der Waals surface area contributed by atoms with Gasteiger partial charge in [0.2, 0.25) is 0 Å². The summed E-state index contributed by atoms with van der Waals surface area (Å²) in [5, 5.41) is 3.81. The Kier molecular flexibility index (Phi) is 7.97. The van der Waals surface area contributed by atoms with Crippen LogP contribution >= 0.6 is 0 Å². The highest BCUT2D eigenvalue weighted by molar-refractivity contribution is 4.82. The van der Waals surface area contributed by atoms with Crippen molar-refractivity contribution >= 4 is 0 Å². The predicted molar refractivity (Wildman–Crippen MR) is 81.9 cm³/mol. The first-order chi connectivity index (χ1) is 8.65. The molecule has 1 fully saturated rings. The van der Waals surface area contributed by atoms with Crippen LogP contribution in [0.25, 0.3) is 0 Å². The van der Waals surface area contributed by atoms with Gasteiger partial charge in [0, 0.05) is 6.04 Å². The molecule has 0 aromatic carbocycles. The van der Waals surface area contributed by atoms with Crippen LogP contribution in [-0.4, -0.2) is 12.6 Å². The Morgan fingerprint density at radius 1 is 0.944 bits per heavy atom. The molecule has 0 radical (unpaired) electrons. The Morgan fingerprint density at radius 3 is 2.00 bits per heavy atom. The maximum absolute atomic E-state index is 3.81. The molecular formula is C17H35N. The maximum atomic E-state index is 3.81. The van der Waals surface area contributed by atoms with Crippen molar-refractivity contribution in [1.29, 1.82) is 0 Å². The van der Waals surface area contributed by atoms with Crippen molar-refractivity contribution in [2.24, 2.45) is 17.8 Å². The first-order valence-corrected chi connectivity index (χ1v) is 8.38. The molecule has 108 valence electrons. The third-order valence-corrected chi connectivity index (χ3v) is 4.55. The molecule has 2 atom stereocenters. The van der Waals surface area contributed by atoms with Gasteiger partial charge >= 0.3 is 0 Å². The van der Waals surface area contributed by atoms with E-state index in [1.165, 1.54) is 51.4 Å². The van der Waals surface area contributed by atoms with E-state index in [0.29, 0.717) is 0 Å². The van der Waals surface area contributed by atoms with E-state index in [4.69, 9.17) is 0 Å². The lowest BCUT2D eigenvalue weighted by molar-refractivity contribution is 0.210. The van der Waals surface area contributed by atoms with Gasteiger partial charge in [0.15, 0.2) is 0 Å². The molecular weight excluding hydrogens is 218 g/mol. The van der Waals surface area contributed by atoms with Crippen molar-refractivity contribution in [3.8, 4) is 0 Å². The first kappa shape index (κ1) is 16.0. The van der Waals surface area contributed by atoms with Gasteiger partial charge in [-0.25, -0.2) is 0 Å². The molecule has 1 N–H and O–H groups in total. The Bertz CT molecular complexity index is 192. The van der Waals surface area contributed by atoms with E-state index in [1.54, 1.807) is 0 Å². The second-order valence-electron chi connectivity index (χ2n) is 6.80. The smallest absolute Gasteiger partial charge is 0.0121 e. The van der Waals surface area contributed by atoms with Crippen molar-refractivity contribution in [2.45, 2.75) is 85.1 Å². The average Bonchev–Trinajstić information content (AvgIpc) is 2.25. The average molecular weight is 253 g/mol. The van der Waals surface area contributed by atoms with Crippen molar-refractivity contribution in [3.63, 3.8) is 0 Å². The van der Waals surface area contributed by atoms with E-state index >= 15 is 0 Å². The lowest BCUT2D eigenvalue weighted by Crippen LogP contribution is -2.42. The van der Waals surface area contributed by atoms with Crippen molar-refractivity contribution in [3.05, 3.63) is 0 Å². The van der Waals surface area contributed by atoms with Crippen LogP contribution in [0, 0.1) is 17.8 Å². The summed E-state index contributed by atoms with van der Waals surface area (Å²) in [5.41, 5.74) is 0. The summed E-state index contributed by atoms with van der Waals surface area (Å²) < 4.78 is 0. The number of nitrogens with one attached hydrogen (secondary N) is 1. The van der Waals surface area contributed by atoms with Gasteiger partial charge in [0.05, 0.1) is 0 Å². The zero-order valence-corrected chi connectivity index (χ0v) is 13.2. The Morgan fingerprint density at radius 2 is 1.50 bits per heavy atom. The molecule has 0 spiro atoms. The van der Waals surface area contributed by atoms with Crippen molar-refractivity contribution < 1.29 is 0 Å². The normalized spacial score (nSPS) is 22.5. The molecule has 1 aliphatic rings. The molecule has 1 aliphatic carbocycles. The molecule has 0 bridgehead atoms. The second kappa shape index (κ2) is 8.96. The third kappa shape index (κ3) is 5.73. The van der Waals surface area contributed by atoms with Gasteiger partial charge in [-0.15, -0.1) is 0 Å².